The van der Waals surface area contributed by atoms with Gasteiger partial charge in [0, 0.05) is 32.4 Å². The predicted molar refractivity (Wildman–Crippen MR) is 110 cm³/mol. The lowest BCUT2D eigenvalue weighted by Gasteiger charge is -2.33. The van der Waals surface area contributed by atoms with E-state index in [1.165, 1.54) is 13.3 Å². The van der Waals surface area contributed by atoms with Crippen molar-refractivity contribution in [2.24, 2.45) is 0 Å². The molecule has 1 fully saturated rings. The topological polar surface area (TPSA) is 112 Å². The van der Waals surface area contributed by atoms with Crippen molar-refractivity contribution >= 4 is 23.7 Å². The lowest BCUT2D eigenvalue weighted by Crippen LogP contribution is -2.47. The van der Waals surface area contributed by atoms with E-state index in [1.807, 2.05) is 13.0 Å². The number of piperazine rings is 1. The Balaban J connectivity index is 2.04. The molecule has 1 N–H and O–H groups in total. The molecule has 0 aliphatic carbocycles. The highest BCUT2D eigenvalue weighted by atomic mass is 16.5. The summed E-state index contributed by atoms with van der Waals surface area (Å²) in [5.41, 5.74) is 0.405. The van der Waals surface area contributed by atoms with E-state index in [-0.39, 0.29) is 16.8 Å². The number of unbranched alkanes of at least 4 members (excludes halogenated alkanes) is 1. The van der Waals surface area contributed by atoms with Gasteiger partial charge < -0.3 is 24.6 Å². The summed E-state index contributed by atoms with van der Waals surface area (Å²) in [6.45, 7) is 4.08. The number of rotatable bonds is 7. The van der Waals surface area contributed by atoms with Gasteiger partial charge in [-0.25, -0.2) is 9.59 Å². The van der Waals surface area contributed by atoms with Gasteiger partial charge in [0.15, 0.2) is 0 Å². The van der Waals surface area contributed by atoms with E-state index in [4.69, 9.17) is 9.47 Å². The molecular weight excluding hydrogens is 388 g/mol. The summed E-state index contributed by atoms with van der Waals surface area (Å²) in [5, 5.41) is 12.0. The van der Waals surface area contributed by atoms with Gasteiger partial charge in [0.25, 0.3) is 5.91 Å². The first-order valence-electron chi connectivity index (χ1n) is 9.76. The number of esters is 1. The summed E-state index contributed by atoms with van der Waals surface area (Å²) in [6, 6.07) is 8.39. The number of nitrogens with one attached hydrogen (secondary N) is 1. The molecule has 0 bridgehead atoms. The molecule has 0 unspecified atom stereocenters. The van der Waals surface area contributed by atoms with Gasteiger partial charge in [-0.15, -0.1) is 0 Å². The van der Waals surface area contributed by atoms with E-state index in [0.29, 0.717) is 32.8 Å². The molecule has 0 radical (unpaired) electrons. The summed E-state index contributed by atoms with van der Waals surface area (Å²) < 4.78 is 9.91. The fourth-order valence-electron chi connectivity index (χ4n) is 2.83. The standard InChI is InChI=1S/C21H26N4O5/c1-3-4-13-30-20(27)17-7-5-6-8-18(17)23-19(26)16(14-22)15-24-9-11-25(12-10-24)21(28)29-2/h5-8,15H,3-4,9-13H2,1-2H3,(H,23,26)/b16-15-. The number of benzene rings is 1. The summed E-state index contributed by atoms with van der Waals surface area (Å²) in [6.07, 6.45) is 2.71. The minimum Gasteiger partial charge on any atom is -0.462 e. The maximum Gasteiger partial charge on any atom is 0.409 e. The van der Waals surface area contributed by atoms with E-state index in [1.54, 1.807) is 34.1 Å². The Hall–Kier alpha value is -3.54. The molecule has 9 heteroatoms. The van der Waals surface area contributed by atoms with Gasteiger partial charge in [-0.2, -0.15) is 5.26 Å². The van der Waals surface area contributed by atoms with Crippen molar-refractivity contribution in [1.82, 2.24) is 9.80 Å². The van der Waals surface area contributed by atoms with Crippen molar-refractivity contribution in [3.05, 3.63) is 41.6 Å². The van der Waals surface area contributed by atoms with E-state index in [9.17, 15) is 19.6 Å². The number of carbonyl (C=O) groups is 3. The number of ether oxygens (including phenoxy) is 2. The Morgan fingerprint density at radius 3 is 2.53 bits per heavy atom. The van der Waals surface area contributed by atoms with Crippen molar-refractivity contribution in [2.75, 3.05) is 45.2 Å². The van der Waals surface area contributed by atoms with Crippen LogP contribution in [0.1, 0.15) is 30.1 Å². The normalized spacial score (nSPS) is 14.0. The first-order chi connectivity index (χ1) is 14.5. The molecule has 0 aromatic heterocycles. The quantitative estimate of drug-likeness (QED) is 0.315. The third-order valence-electron chi connectivity index (χ3n) is 4.55. The van der Waals surface area contributed by atoms with Crippen LogP contribution in [0.3, 0.4) is 0 Å². The second-order valence-corrected chi connectivity index (χ2v) is 6.64. The van der Waals surface area contributed by atoms with Crippen LogP contribution in [0.25, 0.3) is 0 Å². The molecule has 1 heterocycles. The van der Waals surface area contributed by atoms with Crippen molar-refractivity contribution in [3.8, 4) is 6.07 Å². The molecule has 30 heavy (non-hydrogen) atoms. The molecule has 0 atom stereocenters. The number of methoxy groups -OCH3 is 1. The van der Waals surface area contributed by atoms with Gasteiger partial charge in [-0.3, -0.25) is 4.79 Å². The van der Waals surface area contributed by atoms with Crippen LogP contribution in [0.4, 0.5) is 10.5 Å². The zero-order valence-electron chi connectivity index (χ0n) is 17.2. The molecule has 160 valence electrons. The molecule has 1 aromatic rings. The number of anilines is 1. The first-order valence-corrected chi connectivity index (χ1v) is 9.76. The number of amides is 2. The van der Waals surface area contributed by atoms with Gasteiger partial charge in [-0.1, -0.05) is 25.5 Å². The number of para-hydroxylation sites is 1. The maximum atomic E-state index is 12.6. The fourth-order valence-corrected chi connectivity index (χ4v) is 2.83. The van der Waals surface area contributed by atoms with Gasteiger partial charge in [0.05, 0.1) is 25.0 Å². The Morgan fingerprint density at radius 2 is 1.90 bits per heavy atom. The second-order valence-electron chi connectivity index (χ2n) is 6.64. The summed E-state index contributed by atoms with van der Waals surface area (Å²) in [4.78, 5) is 39.8. The average Bonchev–Trinajstić information content (AvgIpc) is 2.77. The van der Waals surface area contributed by atoms with Crippen molar-refractivity contribution < 1.29 is 23.9 Å². The Bertz CT molecular complexity index is 838. The first kappa shape index (κ1) is 22.7. The molecule has 1 saturated heterocycles. The number of hydrogen-bond donors (Lipinski definition) is 1. The maximum absolute atomic E-state index is 12.6. The number of nitriles is 1. The van der Waals surface area contributed by atoms with Gasteiger partial charge in [0.2, 0.25) is 0 Å². The van der Waals surface area contributed by atoms with E-state index >= 15 is 0 Å². The van der Waals surface area contributed by atoms with Gasteiger partial charge in [-0.05, 0) is 18.6 Å². The molecule has 0 saturated carbocycles. The molecule has 1 aromatic carbocycles. The fraction of sp³-hybridized carbons (Fsp3) is 0.429. The largest absolute Gasteiger partial charge is 0.462 e. The molecule has 1 aliphatic heterocycles. The Morgan fingerprint density at radius 1 is 1.20 bits per heavy atom. The second kappa shape index (κ2) is 11.5. The zero-order valence-corrected chi connectivity index (χ0v) is 17.2. The van der Waals surface area contributed by atoms with Crippen LogP contribution in [0.15, 0.2) is 36.0 Å². The lowest BCUT2D eigenvalue weighted by atomic mass is 10.1. The van der Waals surface area contributed by atoms with Crippen LogP contribution in [0.2, 0.25) is 0 Å². The van der Waals surface area contributed by atoms with E-state index in [2.05, 4.69) is 5.32 Å². The molecule has 1 aliphatic rings. The molecule has 0 spiro atoms. The monoisotopic (exact) mass is 414 g/mol. The summed E-state index contributed by atoms with van der Waals surface area (Å²) in [7, 11) is 1.32. The highest BCUT2D eigenvalue weighted by Gasteiger charge is 2.22. The third-order valence-corrected chi connectivity index (χ3v) is 4.55. The van der Waals surface area contributed by atoms with Gasteiger partial charge >= 0.3 is 12.1 Å². The van der Waals surface area contributed by atoms with E-state index in [0.717, 1.165) is 12.8 Å². The lowest BCUT2D eigenvalue weighted by molar-refractivity contribution is -0.112. The van der Waals surface area contributed by atoms with Crippen LogP contribution in [0, 0.1) is 11.3 Å². The van der Waals surface area contributed by atoms with Crippen molar-refractivity contribution in [3.63, 3.8) is 0 Å². The number of carbonyl (C=O) groups excluding carboxylic acids is 3. The molecule has 2 amide bonds. The molecule has 9 nitrogen and oxygen atoms in total. The predicted octanol–water partition coefficient (Wildman–Crippen LogP) is 2.37. The SMILES string of the molecule is CCCCOC(=O)c1ccccc1NC(=O)/C(C#N)=C\N1CCN(C(=O)OC)CC1. The number of hydrogen-bond acceptors (Lipinski definition) is 7. The highest BCUT2D eigenvalue weighted by molar-refractivity contribution is 6.09. The van der Waals surface area contributed by atoms with Crippen LogP contribution >= 0.6 is 0 Å². The smallest absolute Gasteiger partial charge is 0.409 e. The van der Waals surface area contributed by atoms with Gasteiger partial charge in [0.1, 0.15) is 11.6 Å². The Labute approximate surface area is 175 Å². The van der Waals surface area contributed by atoms with Crippen LogP contribution in [-0.2, 0) is 14.3 Å². The van der Waals surface area contributed by atoms with Crippen LogP contribution in [0.5, 0.6) is 0 Å². The summed E-state index contributed by atoms with van der Waals surface area (Å²) >= 11 is 0. The Kier molecular flexibility index (Phi) is 8.69. The molecular formula is C21H26N4O5. The number of nitrogens with zero attached hydrogens (tertiary/aromatic N) is 3. The van der Waals surface area contributed by atoms with Crippen LogP contribution in [-0.4, -0.2) is 67.7 Å². The minimum atomic E-state index is -0.623. The zero-order chi connectivity index (χ0) is 21.9. The van der Waals surface area contributed by atoms with E-state index < -0.39 is 18.0 Å². The highest BCUT2D eigenvalue weighted by Crippen LogP contribution is 2.18. The van der Waals surface area contributed by atoms with Crippen LogP contribution < -0.4 is 5.32 Å². The minimum absolute atomic E-state index is 0.101. The average molecular weight is 414 g/mol. The van der Waals surface area contributed by atoms with Crippen molar-refractivity contribution in [2.45, 2.75) is 19.8 Å². The summed E-state index contributed by atoms with van der Waals surface area (Å²) in [5.74, 6) is -1.15. The van der Waals surface area contributed by atoms with Crippen molar-refractivity contribution in [1.29, 1.82) is 5.26 Å². The third kappa shape index (κ3) is 6.24. The molecule has 2 rings (SSSR count).